The van der Waals surface area contributed by atoms with Crippen LogP contribution in [0.3, 0.4) is 0 Å². The number of nitriles is 1. The Labute approximate surface area is 99.7 Å². The molecule has 17 heavy (non-hydrogen) atoms. The van der Waals surface area contributed by atoms with Crippen molar-refractivity contribution in [1.29, 1.82) is 5.26 Å². The fraction of sp³-hybridized carbons (Fsp3) is 0.400. The van der Waals surface area contributed by atoms with E-state index in [0.29, 0.717) is 6.54 Å². The molecule has 2 N–H and O–H groups in total. The molecule has 2 rings (SSSR count). The first-order valence-corrected chi connectivity index (χ1v) is 6.70. The van der Waals surface area contributed by atoms with Crippen molar-refractivity contribution >= 4 is 10.0 Å². The number of hydrogen-bond acceptors (Lipinski definition) is 5. The Bertz CT molecular complexity index is 544. The normalized spacial score (nSPS) is 20.1. The summed E-state index contributed by atoms with van der Waals surface area (Å²) in [6, 6.07) is 4.55. The fourth-order valence-corrected chi connectivity index (χ4v) is 3.11. The second kappa shape index (κ2) is 4.79. The number of nitrogens with one attached hydrogen (secondary N) is 2. The van der Waals surface area contributed by atoms with Gasteiger partial charge in [-0.25, -0.2) is 18.1 Å². The molecule has 1 aromatic heterocycles. The van der Waals surface area contributed by atoms with Crippen LogP contribution in [0.1, 0.15) is 12.1 Å². The number of hydrogen-bond donors (Lipinski definition) is 2. The van der Waals surface area contributed by atoms with Crippen molar-refractivity contribution in [3.05, 3.63) is 24.0 Å². The standard InChI is InChI=1S/C10H12N4O2S/c11-6-9-10(2-1-4-13-9)17(15,16)14-8-3-5-12-7-8/h1-2,4,8,12,14H,3,5,7H2. The first-order valence-electron chi connectivity index (χ1n) is 5.21. The minimum Gasteiger partial charge on any atom is -0.315 e. The van der Waals surface area contributed by atoms with Crippen LogP contribution in [0.25, 0.3) is 0 Å². The van der Waals surface area contributed by atoms with Crippen LogP contribution < -0.4 is 10.0 Å². The van der Waals surface area contributed by atoms with Crippen molar-refractivity contribution in [2.45, 2.75) is 17.4 Å². The summed E-state index contributed by atoms with van der Waals surface area (Å²) in [4.78, 5) is 3.68. The summed E-state index contributed by atoms with van der Waals surface area (Å²) in [6.07, 6.45) is 2.15. The second-order valence-corrected chi connectivity index (χ2v) is 5.46. The van der Waals surface area contributed by atoms with Crippen LogP contribution in [-0.2, 0) is 10.0 Å². The molecular weight excluding hydrogens is 240 g/mol. The average molecular weight is 252 g/mol. The lowest BCUT2D eigenvalue weighted by molar-refractivity contribution is 0.559. The van der Waals surface area contributed by atoms with Gasteiger partial charge < -0.3 is 5.32 Å². The predicted molar refractivity (Wildman–Crippen MR) is 60.5 cm³/mol. The van der Waals surface area contributed by atoms with E-state index >= 15 is 0 Å². The van der Waals surface area contributed by atoms with Crippen LogP contribution in [0.5, 0.6) is 0 Å². The first-order chi connectivity index (χ1) is 8.13. The molecule has 1 fully saturated rings. The van der Waals surface area contributed by atoms with Crippen molar-refractivity contribution in [2.24, 2.45) is 0 Å². The van der Waals surface area contributed by atoms with Gasteiger partial charge in [-0.3, -0.25) is 0 Å². The van der Waals surface area contributed by atoms with E-state index in [1.807, 2.05) is 0 Å². The lowest BCUT2D eigenvalue weighted by atomic mass is 10.3. The molecule has 0 amide bonds. The third kappa shape index (κ3) is 2.61. The fourth-order valence-electron chi connectivity index (χ4n) is 1.73. The monoisotopic (exact) mass is 252 g/mol. The molecule has 0 saturated carbocycles. The maximum absolute atomic E-state index is 12.0. The zero-order valence-electron chi connectivity index (χ0n) is 9.05. The van der Waals surface area contributed by atoms with Crippen LogP contribution in [0.4, 0.5) is 0 Å². The van der Waals surface area contributed by atoms with Gasteiger partial charge in [0.05, 0.1) is 0 Å². The quantitative estimate of drug-likeness (QED) is 0.762. The Balaban J connectivity index is 2.28. The number of rotatable bonds is 3. The molecule has 0 spiro atoms. The number of sulfonamides is 1. The molecule has 0 radical (unpaired) electrons. The van der Waals surface area contributed by atoms with E-state index in [2.05, 4.69) is 15.0 Å². The van der Waals surface area contributed by atoms with Crippen molar-refractivity contribution in [1.82, 2.24) is 15.0 Å². The molecule has 1 aliphatic rings. The summed E-state index contributed by atoms with van der Waals surface area (Å²) < 4.78 is 26.6. The van der Waals surface area contributed by atoms with Gasteiger partial charge in [-0.2, -0.15) is 5.26 Å². The molecule has 0 bridgehead atoms. The predicted octanol–water partition coefficient (Wildman–Crippen LogP) is -0.407. The zero-order valence-corrected chi connectivity index (χ0v) is 9.87. The van der Waals surface area contributed by atoms with Gasteiger partial charge in [0.1, 0.15) is 11.0 Å². The smallest absolute Gasteiger partial charge is 0.243 e. The molecule has 1 aliphatic heterocycles. The van der Waals surface area contributed by atoms with Gasteiger partial charge in [-0.05, 0) is 25.1 Å². The van der Waals surface area contributed by atoms with Gasteiger partial charge in [-0.1, -0.05) is 0 Å². The molecule has 0 aromatic carbocycles. The summed E-state index contributed by atoms with van der Waals surface area (Å²) in [5.41, 5.74) is -0.0778. The van der Waals surface area contributed by atoms with E-state index in [4.69, 9.17) is 5.26 Å². The number of nitrogens with zero attached hydrogens (tertiary/aromatic N) is 2. The van der Waals surface area contributed by atoms with Crippen LogP contribution in [0.2, 0.25) is 0 Å². The largest absolute Gasteiger partial charge is 0.315 e. The molecule has 1 unspecified atom stereocenters. The molecule has 90 valence electrons. The molecule has 7 heteroatoms. The summed E-state index contributed by atoms with van der Waals surface area (Å²) in [5, 5.41) is 11.9. The Morgan fingerprint density at radius 2 is 2.41 bits per heavy atom. The minimum absolute atomic E-state index is 0.0607. The zero-order chi connectivity index (χ0) is 12.3. The Kier molecular flexibility index (Phi) is 3.38. The maximum Gasteiger partial charge on any atom is 0.243 e. The first kappa shape index (κ1) is 12.0. The van der Waals surface area contributed by atoms with Crippen molar-refractivity contribution in [3.63, 3.8) is 0 Å². The van der Waals surface area contributed by atoms with Crippen molar-refractivity contribution in [3.8, 4) is 6.07 Å². The maximum atomic E-state index is 12.0. The molecule has 1 saturated heterocycles. The van der Waals surface area contributed by atoms with Crippen LogP contribution >= 0.6 is 0 Å². The van der Waals surface area contributed by atoms with Gasteiger partial charge >= 0.3 is 0 Å². The lowest BCUT2D eigenvalue weighted by Crippen LogP contribution is -2.36. The highest BCUT2D eigenvalue weighted by Crippen LogP contribution is 2.13. The van der Waals surface area contributed by atoms with Crippen LogP contribution in [-0.4, -0.2) is 32.5 Å². The van der Waals surface area contributed by atoms with E-state index in [0.717, 1.165) is 13.0 Å². The third-order valence-electron chi connectivity index (χ3n) is 2.55. The summed E-state index contributed by atoms with van der Waals surface area (Å²) in [5.74, 6) is 0. The number of aromatic nitrogens is 1. The number of pyridine rings is 1. The molecule has 2 heterocycles. The highest BCUT2D eigenvalue weighted by molar-refractivity contribution is 7.89. The summed E-state index contributed by atoms with van der Waals surface area (Å²) in [6.45, 7) is 1.41. The highest BCUT2D eigenvalue weighted by Gasteiger charge is 2.25. The Hall–Kier alpha value is -1.49. The Morgan fingerprint density at radius 1 is 1.59 bits per heavy atom. The minimum atomic E-state index is -3.66. The van der Waals surface area contributed by atoms with Gasteiger partial charge in [0, 0.05) is 18.8 Å². The second-order valence-electron chi connectivity index (χ2n) is 3.77. The van der Waals surface area contributed by atoms with E-state index in [1.165, 1.54) is 18.3 Å². The van der Waals surface area contributed by atoms with E-state index in [-0.39, 0.29) is 16.6 Å². The SMILES string of the molecule is N#Cc1ncccc1S(=O)(=O)NC1CCNC1. The molecule has 1 aromatic rings. The summed E-state index contributed by atoms with van der Waals surface area (Å²) >= 11 is 0. The van der Waals surface area contributed by atoms with Crippen LogP contribution in [0, 0.1) is 11.3 Å². The molecule has 6 nitrogen and oxygen atoms in total. The highest BCUT2D eigenvalue weighted by atomic mass is 32.2. The van der Waals surface area contributed by atoms with Crippen LogP contribution in [0.15, 0.2) is 23.2 Å². The van der Waals surface area contributed by atoms with Crippen molar-refractivity contribution < 1.29 is 8.42 Å². The Morgan fingerprint density at radius 3 is 3.06 bits per heavy atom. The van der Waals surface area contributed by atoms with Gasteiger partial charge in [-0.15, -0.1) is 0 Å². The molecule has 0 aliphatic carbocycles. The van der Waals surface area contributed by atoms with Gasteiger partial charge in [0.15, 0.2) is 5.69 Å². The van der Waals surface area contributed by atoms with E-state index in [1.54, 1.807) is 6.07 Å². The third-order valence-corrected chi connectivity index (χ3v) is 4.10. The average Bonchev–Trinajstić information content (AvgIpc) is 2.81. The van der Waals surface area contributed by atoms with E-state index < -0.39 is 10.0 Å². The van der Waals surface area contributed by atoms with Crippen molar-refractivity contribution in [2.75, 3.05) is 13.1 Å². The summed E-state index contributed by atoms with van der Waals surface area (Å²) in [7, 11) is -3.66. The topological polar surface area (TPSA) is 94.9 Å². The van der Waals surface area contributed by atoms with Gasteiger partial charge in [0.2, 0.25) is 10.0 Å². The molecule has 1 atom stereocenters. The van der Waals surface area contributed by atoms with Gasteiger partial charge in [0.25, 0.3) is 0 Å². The lowest BCUT2D eigenvalue weighted by Gasteiger charge is -2.12. The van der Waals surface area contributed by atoms with E-state index in [9.17, 15) is 8.42 Å². The molecular formula is C10H12N4O2S.